The van der Waals surface area contributed by atoms with Crippen molar-refractivity contribution in [3.8, 4) is 0 Å². The van der Waals surface area contributed by atoms with E-state index in [4.69, 9.17) is 0 Å². The van der Waals surface area contributed by atoms with Gasteiger partial charge in [-0.15, -0.1) is 9.19 Å². The van der Waals surface area contributed by atoms with E-state index >= 15 is 0 Å². The van der Waals surface area contributed by atoms with Crippen molar-refractivity contribution in [3.63, 3.8) is 0 Å². The lowest BCUT2D eigenvalue weighted by Crippen LogP contribution is -2.38. The normalized spacial score (nSPS) is 22.3. The molecule has 7 nitrogen and oxygen atoms in total. The molecule has 0 aliphatic heterocycles. The number of benzene rings is 1. The molecule has 1 fully saturated rings. The molecule has 1 unspecified atom stereocenters. The van der Waals surface area contributed by atoms with E-state index in [0.717, 1.165) is 18.2 Å². The van der Waals surface area contributed by atoms with Gasteiger partial charge in [0.05, 0.1) is 11.1 Å². The van der Waals surface area contributed by atoms with Gasteiger partial charge >= 0.3 is 0 Å². The summed E-state index contributed by atoms with van der Waals surface area (Å²) < 4.78 is 25.7. The standard InChI is InChI=1S/C15H17N3O4S/c1-11-5-7-12(8-6-11)23(21,22)18-10-13(16-17-18)15(20)9-3-2-4-14(15)19/h5-8,10,20H,2-4,9H2,1H3. The van der Waals surface area contributed by atoms with Crippen LogP contribution in [0.25, 0.3) is 0 Å². The summed E-state index contributed by atoms with van der Waals surface area (Å²) in [6.07, 6.45) is 3.01. The van der Waals surface area contributed by atoms with Crippen LogP contribution in [0.1, 0.15) is 36.9 Å². The Labute approximate surface area is 134 Å². The molecule has 0 spiro atoms. The zero-order valence-electron chi connectivity index (χ0n) is 12.6. The van der Waals surface area contributed by atoms with Crippen molar-refractivity contribution in [1.29, 1.82) is 0 Å². The summed E-state index contributed by atoms with van der Waals surface area (Å²) in [5, 5.41) is 17.9. The molecule has 1 N–H and O–H groups in total. The van der Waals surface area contributed by atoms with Gasteiger partial charge < -0.3 is 5.11 Å². The van der Waals surface area contributed by atoms with Crippen LogP contribution in [0.4, 0.5) is 0 Å². The first-order valence-corrected chi connectivity index (χ1v) is 8.79. The van der Waals surface area contributed by atoms with Gasteiger partial charge in [0.1, 0.15) is 5.69 Å². The van der Waals surface area contributed by atoms with Crippen molar-refractivity contribution in [3.05, 3.63) is 41.7 Å². The van der Waals surface area contributed by atoms with Crippen LogP contribution in [0.15, 0.2) is 35.4 Å². The van der Waals surface area contributed by atoms with Gasteiger partial charge in [0.25, 0.3) is 10.0 Å². The van der Waals surface area contributed by atoms with Crippen molar-refractivity contribution in [1.82, 2.24) is 14.4 Å². The Morgan fingerprint density at radius 1 is 1.22 bits per heavy atom. The Hall–Kier alpha value is -2.06. The third-order valence-electron chi connectivity index (χ3n) is 4.12. The van der Waals surface area contributed by atoms with Gasteiger partial charge in [0.15, 0.2) is 11.4 Å². The summed E-state index contributed by atoms with van der Waals surface area (Å²) in [5.41, 5.74) is -0.817. The highest BCUT2D eigenvalue weighted by molar-refractivity contribution is 7.89. The van der Waals surface area contributed by atoms with Gasteiger partial charge in [0.2, 0.25) is 0 Å². The summed E-state index contributed by atoms with van der Waals surface area (Å²) in [6.45, 7) is 1.86. The second kappa shape index (κ2) is 5.54. The molecular weight excluding hydrogens is 318 g/mol. The van der Waals surface area contributed by atoms with E-state index in [1.54, 1.807) is 12.1 Å². The summed E-state index contributed by atoms with van der Waals surface area (Å²) in [7, 11) is -3.90. The molecule has 1 heterocycles. The average Bonchev–Trinajstić information content (AvgIpc) is 3.02. The van der Waals surface area contributed by atoms with E-state index in [-0.39, 0.29) is 29.2 Å². The summed E-state index contributed by atoms with van der Waals surface area (Å²) in [4.78, 5) is 12.1. The van der Waals surface area contributed by atoms with Crippen LogP contribution in [-0.2, 0) is 20.4 Å². The molecule has 1 aromatic heterocycles. The number of aromatic nitrogens is 3. The molecule has 0 saturated heterocycles. The number of carbonyl (C=O) groups excluding carboxylic acids is 1. The third-order valence-corrected chi connectivity index (χ3v) is 5.65. The fraction of sp³-hybridized carbons (Fsp3) is 0.400. The third kappa shape index (κ3) is 2.68. The lowest BCUT2D eigenvalue weighted by atomic mass is 9.81. The highest BCUT2D eigenvalue weighted by Crippen LogP contribution is 2.33. The maximum absolute atomic E-state index is 12.5. The quantitative estimate of drug-likeness (QED) is 0.903. The molecule has 2 aromatic rings. The topological polar surface area (TPSA) is 102 Å². The number of nitrogens with zero attached hydrogens (tertiary/aromatic N) is 3. The van der Waals surface area contributed by atoms with E-state index in [9.17, 15) is 18.3 Å². The van der Waals surface area contributed by atoms with Crippen molar-refractivity contribution in [2.75, 3.05) is 0 Å². The van der Waals surface area contributed by atoms with Crippen molar-refractivity contribution in [2.45, 2.75) is 43.1 Å². The number of Topliss-reactive ketones (excluding diaryl/α,β-unsaturated/α-hetero) is 1. The van der Waals surface area contributed by atoms with Crippen LogP contribution in [-0.4, -0.2) is 33.7 Å². The minimum atomic E-state index is -3.90. The SMILES string of the molecule is Cc1ccc(S(=O)(=O)n2cc(C3(O)CCCCC3=O)nn2)cc1. The minimum Gasteiger partial charge on any atom is -0.376 e. The number of aliphatic hydroxyl groups is 1. The van der Waals surface area contributed by atoms with Crippen molar-refractivity contribution >= 4 is 15.8 Å². The summed E-state index contributed by atoms with van der Waals surface area (Å²) in [6, 6.07) is 6.32. The van der Waals surface area contributed by atoms with Gasteiger partial charge in [0, 0.05) is 6.42 Å². The predicted molar refractivity (Wildman–Crippen MR) is 81.2 cm³/mol. The number of hydrogen-bond acceptors (Lipinski definition) is 6. The molecule has 1 saturated carbocycles. The van der Waals surface area contributed by atoms with Crippen LogP contribution >= 0.6 is 0 Å². The average molecular weight is 335 g/mol. The summed E-state index contributed by atoms with van der Waals surface area (Å²) >= 11 is 0. The smallest absolute Gasteiger partial charge is 0.284 e. The number of hydrogen-bond donors (Lipinski definition) is 1. The molecule has 8 heteroatoms. The second-order valence-electron chi connectivity index (χ2n) is 5.78. The molecule has 122 valence electrons. The minimum absolute atomic E-state index is 0.0158. The van der Waals surface area contributed by atoms with Crippen LogP contribution < -0.4 is 0 Å². The van der Waals surface area contributed by atoms with E-state index in [2.05, 4.69) is 10.3 Å². The van der Waals surface area contributed by atoms with Gasteiger partial charge in [-0.1, -0.05) is 22.9 Å². The first-order valence-electron chi connectivity index (χ1n) is 7.35. The fourth-order valence-electron chi connectivity index (χ4n) is 2.66. The molecule has 23 heavy (non-hydrogen) atoms. The van der Waals surface area contributed by atoms with Crippen molar-refractivity contribution in [2.24, 2.45) is 0 Å². The Morgan fingerprint density at radius 2 is 1.91 bits per heavy atom. The van der Waals surface area contributed by atoms with E-state index < -0.39 is 15.6 Å². The Kier molecular flexibility index (Phi) is 3.81. The molecule has 1 aliphatic carbocycles. The van der Waals surface area contributed by atoms with Crippen LogP contribution in [0.3, 0.4) is 0 Å². The largest absolute Gasteiger partial charge is 0.376 e. The first-order chi connectivity index (χ1) is 10.8. The lowest BCUT2D eigenvalue weighted by Gasteiger charge is -2.28. The lowest BCUT2D eigenvalue weighted by molar-refractivity contribution is -0.142. The highest BCUT2D eigenvalue weighted by Gasteiger charge is 2.42. The molecule has 0 amide bonds. The molecule has 1 atom stereocenters. The van der Waals surface area contributed by atoms with Gasteiger partial charge in [-0.3, -0.25) is 4.79 Å². The van der Waals surface area contributed by atoms with E-state index in [1.807, 2.05) is 6.92 Å². The molecular formula is C15H17N3O4S. The maximum Gasteiger partial charge on any atom is 0.284 e. The molecule has 1 aromatic carbocycles. The number of carbonyl (C=O) groups is 1. The zero-order valence-corrected chi connectivity index (χ0v) is 13.5. The Morgan fingerprint density at radius 3 is 2.57 bits per heavy atom. The Balaban J connectivity index is 1.98. The fourth-order valence-corrected chi connectivity index (χ4v) is 3.72. The molecule has 0 radical (unpaired) electrons. The van der Waals surface area contributed by atoms with Crippen LogP contribution in [0.2, 0.25) is 0 Å². The highest BCUT2D eigenvalue weighted by atomic mass is 32.2. The van der Waals surface area contributed by atoms with Gasteiger partial charge in [-0.05, 0) is 38.3 Å². The zero-order chi connectivity index (χ0) is 16.7. The van der Waals surface area contributed by atoms with E-state index in [1.165, 1.54) is 12.1 Å². The number of aryl methyl sites for hydroxylation is 1. The Bertz CT molecular complexity index is 842. The van der Waals surface area contributed by atoms with Crippen molar-refractivity contribution < 1.29 is 18.3 Å². The van der Waals surface area contributed by atoms with Gasteiger partial charge in [-0.2, -0.15) is 8.42 Å². The summed E-state index contributed by atoms with van der Waals surface area (Å²) in [5.74, 6) is -0.344. The molecule has 1 aliphatic rings. The van der Waals surface area contributed by atoms with Gasteiger partial charge in [-0.25, -0.2) is 0 Å². The molecule has 3 rings (SSSR count). The van der Waals surface area contributed by atoms with E-state index in [0.29, 0.717) is 10.5 Å². The predicted octanol–water partition coefficient (Wildman–Crippen LogP) is 1.15. The molecule has 0 bridgehead atoms. The maximum atomic E-state index is 12.5. The van der Waals surface area contributed by atoms with Crippen LogP contribution in [0.5, 0.6) is 0 Å². The van der Waals surface area contributed by atoms with Crippen LogP contribution in [0, 0.1) is 6.92 Å². The second-order valence-corrected chi connectivity index (χ2v) is 7.58. The number of ketones is 1. The monoisotopic (exact) mass is 335 g/mol. The first kappa shape index (κ1) is 15.8. The number of rotatable bonds is 3.